The monoisotopic (exact) mass is 351 g/mol. The first-order valence-electron chi connectivity index (χ1n) is 8.30. The van der Waals surface area contributed by atoms with Crippen LogP contribution in [0.3, 0.4) is 0 Å². The Morgan fingerprint density at radius 2 is 2.00 bits per heavy atom. The zero-order chi connectivity index (χ0) is 16.8. The minimum atomic E-state index is -1.64. The van der Waals surface area contributed by atoms with Gasteiger partial charge in [-0.2, -0.15) is 0 Å². The molecule has 0 aromatic carbocycles. The number of imidazole rings is 1. The molecule has 4 nitrogen and oxygen atoms in total. The molecule has 2 aromatic rings. The smallest absolute Gasteiger partial charge is 0.191 e. The lowest BCUT2D eigenvalue weighted by Crippen LogP contribution is -2.43. The van der Waals surface area contributed by atoms with Gasteiger partial charge in [-0.15, -0.1) is 0 Å². The van der Waals surface area contributed by atoms with Crippen molar-refractivity contribution in [2.24, 2.45) is 5.92 Å². The molecule has 0 N–H and O–H groups in total. The molecule has 1 fully saturated rings. The van der Waals surface area contributed by atoms with Crippen LogP contribution < -0.4 is 0 Å². The van der Waals surface area contributed by atoms with Gasteiger partial charge in [0.25, 0.3) is 0 Å². The minimum Gasteiger partial charge on any atom is -0.417 e. The maximum atomic E-state index is 6.35. The van der Waals surface area contributed by atoms with Crippen molar-refractivity contribution in [2.45, 2.75) is 57.7 Å². The van der Waals surface area contributed by atoms with Gasteiger partial charge in [0.1, 0.15) is 11.3 Å². The Morgan fingerprint density at radius 3 is 2.65 bits per heavy atom. The first-order valence-corrected chi connectivity index (χ1v) is 11.6. The van der Waals surface area contributed by atoms with Gasteiger partial charge in [0.05, 0.1) is 6.20 Å². The van der Waals surface area contributed by atoms with Crippen molar-refractivity contribution in [3.63, 3.8) is 0 Å². The summed E-state index contributed by atoms with van der Waals surface area (Å²) in [6, 6.07) is 0. The zero-order valence-corrected chi connectivity index (χ0v) is 16.4. The van der Waals surface area contributed by atoms with E-state index in [-0.39, 0.29) is 5.04 Å². The molecule has 2 aromatic heterocycles. The van der Waals surface area contributed by atoms with E-state index in [4.69, 9.17) is 16.0 Å². The highest BCUT2D eigenvalue weighted by Gasteiger charge is 2.40. The molecule has 6 heteroatoms. The summed E-state index contributed by atoms with van der Waals surface area (Å²) in [5, 5.41) is 0.794. The van der Waals surface area contributed by atoms with Crippen molar-refractivity contribution in [1.29, 1.82) is 0 Å². The normalized spacial score (nSPS) is 22.3. The van der Waals surface area contributed by atoms with Crippen molar-refractivity contribution in [2.75, 3.05) is 6.61 Å². The van der Waals surface area contributed by atoms with Crippen LogP contribution in [-0.4, -0.2) is 29.3 Å². The lowest BCUT2D eigenvalue weighted by atomic mass is 9.75. The molecule has 126 valence electrons. The highest BCUT2D eigenvalue weighted by molar-refractivity contribution is 6.74. The SMILES string of the molecule is CC(C)(C)[Si](C)(C)OCC1CC(c2ncc3c(Cl)nccn23)C1. The molecular weight excluding hydrogens is 326 g/mol. The molecule has 0 radical (unpaired) electrons. The Balaban J connectivity index is 1.60. The molecule has 0 aliphatic heterocycles. The van der Waals surface area contributed by atoms with Crippen molar-refractivity contribution in [3.05, 3.63) is 29.6 Å². The van der Waals surface area contributed by atoms with Crippen LogP contribution in [0.4, 0.5) is 0 Å². The Labute approximate surface area is 144 Å². The molecule has 0 atom stereocenters. The second-order valence-electron chi connectivity index (χ2n) is 8.20. The van der Waals surface area contributed by atoms with Gasteiger partial charge in [-0.25, -0.2) is 9.97 Å². The summed E-state index contributed by atoms with van der Waals surface area (Å²) in [4.78, 5) is 8.67. The Kier molecular flexibility index (Phi) is 4.32. The summed E-state index contributed by atoms with van der Waals surface area (Å²) in [7, 11) is -1.64. The average Bonchev–Trinajstić information content (AvgIpc) is 2.81. The predicted molar refractivity (Wildman–Crippen MR) is 96.6 cm³/mol. The first-order chi connectivity index (χ1) is 10.7. The van der Waals surface area contributed by atoms with Gasteiger partial charge in [0, 0.05) is 24.9 Å². The van der Waals surface area contributed by atoms with Crippen molar-refractivity contribution in [1.82, 2.24) is 14.4 Å². The molecule has 0 unspecified atom stereocenters. The summed E-state index contributed by atoms with van der Waals surface area (Å²) in [5.74, 6) is 2.26. The topological polar surface area (TPSA) is 39.4 Å². The lowest BCUT2D eigenvalue weighted by Gasteiger charge is -2.40. The quantitative estimate of drug-likeness (QED) is 0.735. The number of nitrogens with zero attached hydrogens (tertiary/aromatic N) is 3. The zero-order valence-electron chi connectivity index (χ0n) is 14.6. The molecule has 0 bridgehead atoms. The van der Waals surface area contributed by atoms with Gasteiger partial charge in [-0.05, 0) is 36.9 Å². The number of halogens is 1. The van der Waals surface area contributed by atoms with Crippen LogP contribution >= 0.6 is 11.6 Å². The fraction of sp³-hybridized carbons (Fsp3) is 0.647. The van der Waals surface area contributed by atoms with Gasteiger partial charge < -0.3 is 4.43 Å². The molecule has 23 heavy (non-hydrogen) atoms. The number of hydrogen-bond acceptors (Lipinski definition) is 3. The van der Waals surface area contributed by atoms with Gasteiger partial charge in [-0.1, -0.05) is 32.4 Å². The summed E-state index contributed by atoms with van der Waals surface area (Å²) < 4.78 is 8.43. The van der Waals surface area contributed by atoms with Crippen molar-refractivity contribution >= 4 is 25.4 Å². The second-order valence-corrected chi connectivity index (χ2v) is 13.4. The van der Waals surface area contributed by atoms with E-state index in [9.17, 15) is 0 Å². The molecule has 0 saturated heterocycles. The first kappa shape index (κ1) is 16.9. The standard InChI is InChI=1S/C17H26ClN3OSi/c1-17(2,3)23(4,5)22-11-12-8-13(9-12)16-20-10-14-15(18)19-6-7-21(14)16/h6-7,10,12-13H,8-9,11H2,1-5H3. The van der Waals surface area contributed by atoms with E-state index in [0.29, 0.717) is 17.0 Å². The second kappa shape index (κ2) is 5.87. The number of fused-ring (bicyclic) bond motifs is 1. The highest BCUT2D eigenvalue weighted by Crippen LogP contribution is 2.43. The van der Waals surface area contributed by atoms with Crippen LogP contribution in [0.5, 0.6) is 0 Å². The van der Waals surface area contributed by atoms with Gasteiger partial charge in [0.2, 0.25) is 0 Å². The largest absolute Gasteiger partial charge is 0.417 e. The van der Waals surface area contributed by atoms with E-state index in [2.05, 4.69) is 48.2 Å². The Bertz CT molecular complexity index is 701. The van der Waals surface area contributed by atoms with Crippen LogP contribution in [0.15, 0.2) is 18.6 Å². The fourth-order valence-electron chi connectivity index (χ4n) is 2.84. The third-order valence-electron chi connectivity index (χ3n) is 5.53. The number of aromatic nitrogens is 3. The molecule has 3 rings (SSSR count). The number of rotatable bonds is 4. The molecule has 1 saturated carbocycles. The maximum Gasteiger partial charge on any atom is 0.191 e. The molecule has 0 amide bonds. The number of hydrogen-bond donors (Lipinski definition) is 0. The van der Waals surface area contributed by atoms with E-state index in [1.165, 1.54) is 0 Å². The average molecular weight is 352 g/mol. The Hall–Kier alpha value is -0.913. The van der Waals surface area contributed by atoms with Crippen LogP contribution in [0.2, 0.25) is 23.3 Å². The molecule has 1 aliphatic carbocycles. The van der Waals surface area contributed by atoms with E-state index in [1.54, 1.807) is 6.20 Å². The van der Waals surface area contributed by atoms with E-state index in [1.807, 2.05) is 12.4 Å². The van der Waals surface area contributed by atoms with Crippen molar-refractivity contribution < 1.29 is 4.43 Å². The molecule has 0 spiro atoms. The van der Waals surface area contributed by atoms with Crippen LogP contribution in [0.1, 0.15) is 45.4 Å². The lowest BCUT2D eigenvalue weighted by molar-refractivity contribution is 0.143. The van der Waals surface area contributed by atoms with E-state index in [0.717, 1.165) is 30.8 Å². The van der Waals surface area contributed by atoms with Crippen molar-refractivity contribution in [3.8, 4) is 0 Å². The maximum absolute atomic E-state index is 6.35. The predicted octanol–water partition coefficient (Wildman–Crippen LogP) is 4.90. The van der Waals surface area contributed by atoms with Gasteiger partial charge in [-0.3, -0.25) is 4.40 Å². The third-order valence-corrected chi connectivity index (χ3v) is 10.3. The van der Waals surface area contributed by atoms with E-state index < -0.39 is 8.32 Å². The highest BCUT2D eigenvalue weighted by atomic mass is 35.5. The molecule has 2 heterocycles. The van der Waals surface area contributed by atoms with Crippen LogP contribution in [0, 0.1) is 5.92 Å². The summed E-state index contributed by atoms with van der Waals surface area (Å²) in [6.07, 6.45) is 7.80. The van der Waals surface area contributed by atoms with Crippen LogP contribution in [-0.2, 0) is 4.43 Å². The minimum absolute atomic E-state index is 0.277. The summed E-state index contributed by atoms with van der Waals surface area (Å²) in [5.41, 5.74) is 0.894. The fourth-order valence-corrected chi connectivity index (χ4v) is 4.12. The van der Waals surface area contributed by atoms with Crippen LogP contribution in [0.25, 0.3) is 5.52 Å². The molecule has 1 aliphatic rings. The third kappa shape index (κ3) is 3.19. The molecular formula is C17H26ClN3OSi. The summed E-state index contributed by atoms with van der Waals surface area (Å²) in [6.45, 7) is 12.4. The van der Waals surface area contributed by atoms with Gasteiger partial charge >= 0.3 is 0 Å². The summed E-state index contributed by atoms with van der Waals surface area (Å²) >= 11 is 6.12. The Morgan fingerprint density at radius 1 is 1.30 bits per heavy atom. The van der Waals surface area contributed by atoms with Gasteiger partial charge in [0.15, 0.2) is 13.5 Å². The van der Waals surface area contributed by atoms with E-state index >= 15 is 0 Å².